The summed E-state index contributed by atoms with van der Waals surface area (Å²) < 4.78 is 39.0. The first-order valence-corrected chi connectivity index (χ1v) is 9.73. The van der Waals surface area contributed by atoms with Gasteiger partial charge in [0.15, 0.2) is 0 Å². The van der Waals surface area contributed by atoms with E-state index in [-0.39, 0.29) is 16.7 Å². The van der Waals surface area contributed by atoms with Crippen molar-refractivity contribution in [3.8, 4) is 0 Å². The Labute approximate surface area is 178 Å². The third kappa shape index (κ3) is 5.07. The van der Waals surface area contributed by atoms with Gasteiger partial charge in [-0.2, -0.15) is 13.2 Å². The number of carbonyl (C=O) groups excluding carboxylic acids is 2. The maximum absolute atomic E-state index is 13.0. The van der Waals surface area contributed by atoms with Gasteiger partial charge in [0, 0.05) is 11.4 Å². The Bertz CT molecular complexity index is 1040. The molecule has 0 spiro atoms. The zero-order chi connectivity index (χ0) is 23.0. The molecule has 1 atom stereocenters. The first-order valence-electron chi connectivity index (χ1n) is 9.73. The normalized spacial score (nSPS) is 17.1. The molecule has 0 fully saturated rings. The smallest absolute Gasteiger partial charge is 0.327 e. The first kappa shape index (κ1) is 22.4. The van der Waals surface area contributed by atoms with Gasteiger partial charge >= 0.3 is 12.2 Å². The number of alkyl halides is 3. The lowest BCUT2D eigenvalue weighted by molar-refractivity contribution is -0.137. The molecule has 3 N–H and O–H groups in total. The van der Waals surface area contributed by atoms with Crippen molar-refractivity contribution >= 4 is 17.6 Å². The van der Waals surface area contributed by atoms with Crippen LogP contribution in [0.4, 0.5) is 23.7 Å². The standard InChI is InChI=1S/C23H24F3N3O2/c1-13-18(20(30)28-17-7-5-6-16(12-17)23(24,25)26)19(29-21(31)27-13)14-8-10-15(11-9-14)22(2,3)4/h5-12,19H,1-4H3,(H,28,30)(H2,27,29,31). The van der Waals surface area contributed by atoms with E-state index in [2.05, 4.69) is 36.7 Å². The lowest BCUT2D eigenvalue weighted by Crippen LogP contribution is -2.46. The molecule has 0 saturated carbocycles. The number of hydrogen-bond acceptors (Lipinski definition) is 2. The fourth-order valence-electron chi connectivity index (χ4n) is 3.39. The first-order chi connectivity index (χ1) is 14.4. The molecular formula is C23H24F3N3O2. The van der Waals surface area contributed by atoms with E-state index in [0.29, 0.717) is 11.3 Å². The molecule has 5 nitrogen and oxygen atoms in total. The highest BCUT2D eigenvalue weighted by Gasteiger charge is 2.33. The summed E-state index contributed by atoms with van der Waals surface area (Å²) in [5.74, 6) is -0.603. The molecule has 0 radical (unpaired) electrons. The van der Waals surface area contributed by atoms with Crippen LogP contribution in [0.3, 0.4) is 0 Å². The second-order valence-corrected chi connectivity index (χ2v) is 8.47. The van der Waals surface area contributed by atoms with Crippen molar-refractivity contribution in [3.05, 3.63) is 76.5 Å². The highest BCUT2D eigenvalue weighted by Crippen LogP contribution is 2.32. The molecule has 31 heavy (non-hydrogen) atoms. The molecule has 2 aromatic carbocycles. The van der Waals surface area contributed by atoms with Crippen LogP contribution < -0.4 is 16.0 Å². The Morgan fingerprint density at radius 2 is 1.65 bits per heavy atom. The van der Waals surface area contributed by atoms with Crippen molar-refractivity contribution < 1.29 is 22.8 Å². The minimum absolute atomic E-state index is 0.0128. The van der Waals surface area contributed by atoms with Gasteiger partial charge in [-0.3, -0.25) is 4.79 Å². The summed E-state index contributed by atoms with van der Waals surface area (Å²) in [7, 11) is 0. The third-order valence-electron chi connectivity index (χ3n) is 5.07. The molecule has 1 heterocycles. The molecular weight excluding hydrogens is 407 g/mol. The van der Waals surface area contributed by atoms with E-state index in [1.165, 1.54) is 12.1 Å². The number of anilines is 1. The van der Waals surface area contributed by atoms with E-state index >= 15 is 0 Å². The predicted molar refractivity (Wildman–Crippen MR) is 112 cm³/mol. The molecule has 1 unspecified atom stereocenters. The molecule has 3 rings (SSSR count). The SMILES string of the molecule is CC1=C(C(=O)Nc2cccc(C(F)(F)F)c2)C(c2ccc(C(C)(C)C)cc2)NC(=O)N1. The van der Waals surface area contributed by atoms with Gasteiger partial charge in [-0.25, -0.2) is 4.79 Å². The lowest BCUT2D eigenvalue weighted by atomic mass is 9.85. The lowest BCUT2D eigenvalue weighted by Gasteiger charge is -2.29. The Morgan fingerprint density at radius 1 is 1.00 bits per heavy atom. The summed E-state index contributed by atoms with van der Waals surface area (Å²) in [5.41, 5.74) is 1.42. The van der Waals surface area contributed by atoms with Crippen molar-refractivity contribution in [2.24, 2.45) is 0 Å². The number of urea groups is 1. The van der Waals surface area contributed by atoms with Crippen molar-refractivity contribution in [2.45, 2.75) is 45.3 Å². The second kappa shape index (κ2) is 8.09. The number of halogens is 3. The molecule has 8 heteroatoms. The summed E-state index contributed by atoms with van der Waals surface area (Å²) in [6.07, 6.45) is -4.52. The minimum atomic E-state index is -4.52. The maximum atomic E-state index is 13.0. The average molecular weight is 431 g/mol. The number of rotatable bonds is 3. The number of carbonyl (C=O) groups is 2. The topological polar surface area (TPSA) is 70.2 Å². The molecule has 164 valence electrons. The summed E-state index contributed by atoms with van der Waals surface area (Å²) in [5, 5.41) is 7.80. The average Bonchev–Trinajstić information content (AvgIpc) is 2.66. The van der Waals surface area contributed by atoms with Crippen LogP contribution in [-0.2, 0) is 16.4 Å². The Morgan fingerprint density at radius 3 is 2.23 bits per heavy atom. The number of benzene rings is 2. The van der Waals surface area contributed by atoms with Crippen LogP contribution in [-0.4, -0.2) is 11.9 Å². The van der Waals surface area contributed by atoms with Gasteiger partial charge in [0.25, 0.3) is 5.91 Å². The number of hydrogen-bond donors (Lipinski definition) is 3. The van der Waals surface area contributed by atoms with Crippen molar-refractivity contribution in [1.82, 2.24) is 10.6 Å². The molecule has 0 bridgehead atoms. The van der Waals surface area contributed by atoms with Crippen LogP contribution in [0, 0.1) is 0 Å². The molecule has 0 saturated heterocycles. The summed E-state index contributed by atoms with van der Waals surface area (Å²) in [6, 6.07) is 10.7. The minimum Gasteiger partial charge on any atom is -0.327 e. The Balaban J connectivity index is 1.92. The largest absolute Gasteiger partial charge is 0.416 e. The van der Waals surface area contributed by atoms with Gasteiger partial charge in [-0.05, 0) is 41.7 Å². The number of allylic oxidation sites excluding steroid dienone is 1. The van der Waals surface area contributed by atoms with E-state index in [1.54, 1.807) is 6.92 Å². The van der Waals surface area contributed by atoms with E-state index in [1.807, 2.05) is 24.3 Å². The fourth-order valence-corrected chi connectivity index (χ4v) is 3.39. The van der Waals surface area contributed by atoms with Gasteiger partial charge in [0.2, 0.25) is 0 Å². The summed E-state index contributed by atoms with van der Waals surface area (Å²) in [6.45, 7) is 7.81. The van der Waals surface area contributed by atoms with E-state index in [4.69, 9.17) is 0 Å². The van der Waals surface area contributed by atoms with E-state index < -0.39 is 29.7 Å². The van der Waals surface area contributed by atoms with Crippen LogP contribution in [0.1, 0.15) is 50.4 Å². The quantitative estimate of drug-likeness (QED) is 0.620. The van der Waals surface area contributed by atoms with Gasteiger partial charge in [0.05, 0.1) is 17.2 Å². The Kier molecular flexibility index (Phi) is 5.85. The third-order valence-corrected chi connectivity index (χ3v) is 5.07. The second-order valence-electron chi connectivity index (χ2n) is 8.47. The molecule has 0 aliphatic carbocycles. The molecule has 1 aliphatic rings. The van der Waals surface area contributed by atoms with Crippen molar-refractivity contribution in [3.63, 3.8) is 0 Å². The Hall–Kier alpha value is -3.29. The van der Waals surface area contributed by atoms with Crippen LogP contribution in [0.2, 0.25) is 0 Å². The summed E-state index contributed by atoms with van der Waals surface area (Å²) in [4.78, 5) is 25.1. The number of nitrogens with one attached hydrogen (secondary N) is 3. The van der Waals surface area contributed by atoms with Crippen LogP contribution in [0.15, 0.2) is 59.8 Å². The zero-order valence-electron chi connectivity index (χ0n) is 17.6. The zero-order valence-corrected chi connectivity index (χ0v) is 17.6. The predicted octanol–water partition coefficient (Wildman–Crippen LogP) is 5.27. The monoisotopic (exact) mass is 431 g/mol. The van der Waals surface area contributed by atoms with Crippen LogP contribution >= 0.6 is 0 Å². The maximum Gasteiger partial charge on any atom is 0.416 e. The molecule has 0 aromatic heterocycles. The highest BCUT2D eigenvalue weighted by molar-refractivity contribution is 6.06. The van der Waals surface area contributed by atoms with E-state index in [0.717, 1.165) is 17.7 Å². The van der Waals surface area contributed by atoms with Crippen molar-refractivity contribution in [1.29, 1.82) is 0 Å². The highest BCUT2D eigenvalue weighted by atomic mass is 19.4. The van der Waals surface area contributed by atoms with Gasteiger partial charge in [-0.1, -0.05) is 51.1 Å². The van der Waals surface area contributed by atoms with Crippen LogP contribution in [0.5, 0.6) is 0 Å². The molecule has 1 aliphatic heterocycles. The summed E-state index contributed by atoms with van der Waals surface area (Å²) >= 11 is 0. The van der Waals surface area contributed by atoms with Crippen molar-refractivity contribution in [2.75, 3.05) is 5.32 Å². The van der Waals surface area contributed by atoms with Crippen LogP contribution in [0.25, 0.3) is 0 Å². The van der Waals surface area contributed by atoms with Gasteiger partial charge in [-0.15, -0.1) is 0 Å². The number of amides is 3. The molecule has 2 aromatic rings. The molecule has 3 amide bonds. The van der Waals surface area contributed by atoms with Gasteiger partial charge in [0.1, 0.15) is 0 Å². The van der Waals surface area contributed by atoms with Gasteiger partial charge < -0.3 is 16.0 Å². The van der Waals surface area contributed by atoms with E-state index in [9.17, 15) is 22.8 Å². The fraction of sp³-hybridized carbons (Fsp3) is 0.304.